The molecule has 0 saturated heterocycles. The molecule has 40 heavy (non-hydrogen) atoms. The molecule has 0 fully saturated rings. The summed E-state index contributed by atoms with van der Waals surface area (Å²) in [4.78, 5) is 28.6. The van der Waals surface area contributed by atoms with Gasteiger partial charge in [0.2, 0.25) is 11.8 Å². The van der Waals surface area contributed by atoms with Gasteiger partial charge in [0.15, 0.2) is 0 Å². The van der Waals surface area contributed by atoms with Crippen LogP contribution in [0.1, 0.15) is 49.4 Å². The summed E-state index contributed by atoms with van der Waals surface area (Å²) in [7, 11) is -4.12. The topological polar surface area (TPSA) is 86.8 Å². The van der Waals surface area contributed by atoms with Crippen molar-refractivity contribution in [3.05, 3.63) is 94.0 Å². The molecule has 2 atom stereocenters. The third-order valence-electron chi connectivity index (χ3n) is 7.13. The number of aryl methyl sites for hydroxylation is 3. The van der Waals surface area contributed by atoms with Gasteiger partial charge >= 0.3 is 0 Å². The van der Waals surface area contributed by atoms with Crippen LogP contribution in [0, 0.1) is 20.8 Å². The fourth-order valence-electron chi connectivity index (χ4n) is 4.11. The predicted molar refractivity (Wildman–Crippen MR) is 161 cm³/mol. The highest BCUT2D eigenvalue weighted by molar-refractivity contribution is 7.92. The molecule has 0 aliphatic carbocycles. The molecule has 7 nitrogen and oxygen atoms in total. The summed E-state index contributed by atoms with van der Waals surface area (Å²) < 4.78 is 29.0. The van der Waals surface area contributed by atoms with Crippen LogP contribution in [-0.2, 0) is 26.2 Å². The van der Waals surface area contributed by atoms with Gasteiger partial charge in [0.25, 0.3) is 10.0 Å². The molecule has 1 N–H and O–H groups in total. The number of benzene rings is 3. The van der Waals surface area contributed by atoms with E-state index in [4.69, 9.17) is 11.6 Å². The SMILES string of the molecule is CC[C@@H](C)NC(=O)[C@@H](C)N(Cc1ccccc1Cl)C(=O)CN(c1ccc(C)c(C)c1)S(=O)(=O)c1ccc(C)cc1. The number of anilines is 1. The Labute approximate surface area is 243 Å². The first-order valence-electron chi connectivity index (χ1n) is 13.3. The van der Waals surface area contributed by atoms with E-state index in [1.807, 2.05) is 40.7 Å². The highest BCUT2D eigenvalue weighted by atomic mass is 35.5. The van der Waals surface area contributed by atoms with Gasteiger partial charge in [0.1, 0.15) is 12.6 Å². The molecule has 0 aromatic heterocycles. The van der Waals surface area contributed by atoms with Crippen molar-refractivity contribution in [1.29, 1.82) is 0 Å². The number of hydrogen-bond donors (Lipinski definition) is 1. The maximum atomic E-state index is 14.0. The highest BCUT2D eigenvalue weighted by Crippen LogP contribution is 2.27. The standard InChI is InChI=1S/C31H38ClN3O4S/c1-7-24(5)33-31(37)25(6)34(19-26-10-8-9-11-29(26)32)30(36)20-35(27-15-14-22(3)23(4)18-27)40(38,39)28-16-12-21(2)13-17-28/h8-18,24-25H,7,19-20H2,1-6H3,(H,33,37)/t24-,25-/m1/s1. The Hall–Kier alpha value is -3.36. The van der Waals surface area contributed by atoms with Crippen LogP contribution in [-0.4, -0.2) is 43.8 Å². The van der Waals surface area contributed by atoms with Gasteiger partial charge in [0.05, 0.1) is 10.6 Å². The quantitative estimate of drug-likeness (QED) is 0.309. The van der Waals surface area contributed by atoms with Gasteiger partial charge in [-0.05, 0) is 88.1 Å². The lowest BCUT2D eigenvalue weighted by atomic mass is 10.1. The lowest BCUT2D eigenvalue weighted by Gasteiger charge is -2.32. The van der Waals surface area contributed by atoms with E-state index in [-0.39, 0.29) is 23.4 Å². The number of nitrogens with one attached hydrogen (secondary N) is 1. The molecule has 0 saturated carbocycles. The van der Waals surface area contributed by atoms with E-state index in [0.29, 0.717) is 16.3 Å². The van der Waals surface area contributed by atoms with Crippen molar-refractivity contribution in [2.24, 2.45) is 0 Å². The Balaban J connectivity index is 2.06. The van der Waals surface area contributed by atoms with Gasteiger partial charge in [-0.15, -0.1) is 0 Å². The van der Waals surface area contributed by atoms with Gasteiger partial charge in [-0.2, -0.15) is 0 Å². The number of carbonyl (C=O) groups is 2. The fourth-order valence-corrected chi connectivity index (χ4v) is 5.71. The molecule has 0 heterocycles. The lowest BCUT2D eigenvalue weighted by molar-refractivity contribution is -0.139. The molecule has 0 bridgehead atoms. The third-order valence-corrected chi connectivity index (χ3v) is 9.29. The molecule has 3 aromatic carbocycles. The van der Waals surface area contributed by atoms with E-state index >= 15 is 0 Å². The van der Waals surface area contributed by atoms with Crippen LogP contribution >= 0.6 is 11.6 Å². The normalized spacial score (nSPS) is 12.9. The number of hydrogen-bond acceptors (Lipinski definition) is 4. The lowest BCUT2D eigenvalue weighted by Crippen LogP contribution is -2.52. The molecular formula is C31H38ClN3O4S. The summed E-state index contributed by atoms with van der Waals surface area (Å²) in [5.74, 6) is -0.852. The molecule has 0 spiro atoms. The van der Waals surface area contributed by atoms with E-state index in [1.54, 1.807) is 55.5 Å². The van der Waals surface area contributed by atoms with Crippen LogP contribution in [0.3, 0.4) is 0 Å². The van der Waals surface area contributed by atoms with Crippen molar-refractivity contribution in [3.63, 3.8) is 0 Å². The molecule has 0 aliphatic rings. The van der Waals surface area contributed by atoms with Crippen molar-refractivity contribution in [1.82, 2.24) is 10.2 Å². The van der Waals surface area contributed by atoms with Crippen molar-refractivity contribution in [2.45, 2.75) is 71.5 Å². The van der Waals surface area contributed by atoms with Crippen molar-refractivity contribution >= 4 is 39.1 Å². The smallest absolute Gasteiger partial charge is 0.264 e. The number of carbonyl (C=O) groups excluding carboxylic acids is 2. The zero-order chi connectivity index (χ0) is 29.6. The Morgan fingerprint density at radius 1 is 0.925 bits per heavy atom. The first kappa shape index (κ1) is 31.2. The summed E-state index contributed by atoms with van der Waals surface area (Å²) in [5, 5.41) is 3.38. The third kappa shape index (κ3) is 7.43. The number of amides is 2. The predicted octanol–water partition coefficient (Wildman–Crippen LogP) is 5.79. The van der Waals surface area contributed by atoms with Crippen molar-refractivity contribution in [3.8, 4) is 0 Å². The number of rotatable bonds is 11. The van der Waals surface area contributed by atoms with Gasteiger partial charge in [-0.25, -0.2) is 8.42 Å². The number of sulfonamides is 1. The van der Waals surface area contributed by atoms with E-state index in [2.05, 4.69) is 5.32 Å². The fraction of sp³-hybridized carbons (Fsp3) is 0.355. The van der Waals surface area contributed by atoms with Crippen LogP contribution in [0.2, 0.25) is 5.02 Å². The van der Waals surface area contributed by atoms with Gasteiger partial charge in [0, 0.05) is 17.6 Å². The van der Waals surface area contributed by atoms with Gasteiger partial charge in [-0.1, -0.05) is 60.5 Å². The van der Waals surface area contributed by atoms with Crippen molar-refractivity contribution in [2.75, 3.05) is 10.8 Å². The Kier molecular flexibility index (Phi) is 10.4. The minimum Gasteiger partial charge on any atom is -0.352 e. The zero-order valence-electron chi connectivity index (χ0n) is 23.9. The van der Waals surface area contributed by atoms with Gasteiger partial charge < -0.3 is 10.2 Å². The Morgan fingerprint density at radius 3 is 2.17 bits per heavy atom. The van der Waals surface area contributed by atoms with E-state index < -0.39 is 28.5 Å². The number of nitrogens with zero attached hydrogens (tertiary/aromatic N) is 2. The van der Waals surface area contributed by atoms with Gasteiger partial charge in [-0.3, -0.25) is 13.9 Å². The average molecular weight is 584 g/mol. The minimum atomic E-state index is -4.12. The first-order valence-corrected chi connectivity index (χ1v) is 15.2. The second kappa shape index (κ2) is 13.3. The summed E-state index contributed by atoms with van der Waals surface area (Å²) >= 11 is 6.42. The zero-order valence-corrected chi connectivity index (χ0v) is 25.5. The summed E-state index contributed by atoms with van der Waals surface area (Å²) in [6.07, 6.45) is 0.728. The summed E-state index contributed by atoms with van der Waals surface area (Å²) in [6, 6.07) is 17.9. The monoisotopic (exact) mass is 583 g/mol. The summed E-state index contributed by atoms with van der Waals surface area (Å²) in [5.41, 5.74) is 3.83. The summed E-state index contributed by atoms with van der Waals surface area (Å²) in [6.45, 7) is 10.7. The first-order chi connectivity index (χ1) is 18.8. The molecule has 9 heteroatoms. The average Bonchev–Trinajstić information content (AvgIpc) is 2.92. The number of halogens is 1. The second-order valence-corrected chi connectivity index (χ2v) is 12.5. The molecule has 0 aliphatic heterocycles. The van der Waals surface area contributed by atoms with E-state index in [1.165, 1.54) is 17.0 Å². The van der Waals surface area contributed by atoms with E-state index in [0.717, 1.165) is 27.4 Å². The van der Waals surface area contributed by atoms with Crippen molar-refractivity contribution < 1.29 is 18.0 Å². The second-order valence-electron chi connectivity index (χ2n) is 10.2. The van der Waals surface area contributed by atoms with E-state index in [9.17, 15) is 18.0 Å². The van der Waals surface area contributed by atoms with Crippen LogP contribution in [0.15, 0.2) is 71.6 Å². The molecule has 3 aromatic rings. The maximum absolute atomic E-state index is 14.0. The molecule has 214 valence electrons. The van der Waals surface area contributed by atoms with Crippen LogP contribution in [0.4, 0.5) is 5.69 Å². The largest absolute Gasteiger partial charge is 0.352 e. The molecule has 0 unspecified atom stereocenters. The molecular weight excluding hydrogens is 546 g/mol. The Morgan fingerprint density at radius 2 is 1.57 bits per heavy atom. The molecule has 0 radical (unpaired) electrons. The minimum absolute atomic E-state index is 0.0406. The van der Waals surface area contributed by atoms with Crippen LogP contribution in [0.5, 0.6) is 0 Å². The van der Waals surface area contributed by atoms with Crippen LogP contribution < -0.4 is 9.62 Å². The molecule has 3 rings (SSSR count). The Bertz CT molecular complexity index is 1460. The highest BCUT2D eigenvalue weighted by Gasteiger charge is 2.33. The molecule has 2 amide bonds. The maximum Gasteiger partial charge on any atom is 0.264 e. The van der Waals surface area contributed by atoms with Crippen LogP contribution in [0.25, 0.3) is 0 Å².